The normalized spacial score (nSPS) is 21.8. The lowest BCUT2D eigenvalue weighted by Gasteiger charge is -2.39. The van der Waals surface area contributed by atoms with Gasteiger partial charge < -0.3 is 9.64 Å². The molecule has 1 aliphatic rings. The van der Waals surface area contributed by atoms with Crippen LogP contribution in [0.5, 0.6) is 0 Å². The summed E-state index contributed by atoms with van der Waals surface area (Å²) in [5, 5.41) is 12.7. The number of hydrogen-bond acceptors (Lipinski definition) is 5. The van der Waals surface area contributed by atoms with Gasteiger partial charge in [0.15, 0.2) is 0 Å². The van der Waals surface area contributed by atoms with E-state index in [0.717, 1.165) is 5.56 Å². The molecule has 8 nitrogen and oxygen atoms in total. The van der Waals surface area contributed by atoms with Crippen LogP contribution in [0, 0.1) is 21.4 Å². The van der Waals surface area contributed by atoms with Gasteiger partial charge in [-0.15, -0.1) is 0 Å². The molecule has 1 aliphatic heterocycles. The van der Waals surface area contributed by atoms with Crippen LogP contribution < -0.4 is 0 Å². The Morgan fingerprint density at radius 1 is 0.973 bits per heavy atom. The number of amides is 2. The van der Waals surface area contributed by atoms with Gasteiger partial charge in [0.05, 0.1) is 5.92 Å². The summed E-state index contributed by atoms with van der Waals surface area (Å²) < 4.78 is 5.76. The highest BCUT2D eigenvalue weighted by Crippen LogP contribution is 2.50. The van der Waals surface area contributed by atoms with Crippen LogP contribution >= 0.6 is 0 Å². The summed E-state index contributed by atoms with van der Waals surface area (Å²) in [7, 11) is 0. The number of ether oxygens (including phenoxy) is 1. The molecule has 3 rings (SSSR count). The van der Waals surface area contributed by atoms with Gasteiger partial charge >= 0.3 is 12.0 Å². The molecule has 0 aliphatic carbocycles. The minimum atomic E-state index is -1.19. The molecular weight excluding hydrogens is 470 g/mol. The van der Waals surface area contributed by atoms with Crippen LogP contribution in [-0.2, 0) is 16.1 Å². The van der Waals surface area contributed by atoms with Crippen molar-refractivity contribution in [1.82, 2.24) is 9.80 Å². The van der Waals surface area contributed by atoms with Gasteiger partial charge in [0.2, 0.25) is 6.04 Å². The minimum absolute atomic E-state index is 0.0201. The van der Waals surface area contributed by atoms with Crippen molar-refractivity contribution in [2.24, 2.45) is 11.3 Å². The Morgan fingerprint density at radius 2 is 1.49 bits per heavy atom. The molecule has 1 heterocycles. The molecule has 4 unspecified atom stereocenters. The van der Waals surface area contributed by atoms with Crippen molar-refractivity contribution in [3.63, 3.8) is 0 Å². The molecule has 1 saturated heterocycles. The molecule has 2 aromatic carbocycles. The number of esters is 1. The first-order chi connectivity index (χ1) is 17.4. The van der Waals surface area contributed by atoms with Gasteiger partial charge in [-0.3, -0.25) is 15.0 Å². The van der Waals surface area contributed by atoms with Gasteiger partial charge in [-0.05, 0) is 44.2 Å². The van der Waals surface area contributed by atoms with Crippen LogP contribution in [0.15, 0.2) is 60.7 Å². The van der Waals surface area contributed by atoms with Crippen molar-refractivity contribution in [2.45, 2.75) is 85.3 Å². The Labute approximate surface area is 219 Å². The third-order valence-electron chi connectivity index (χ3n) is 7.04. The van der Waals surface area contributed by atoms with Crippen LogP contribution in [0.4, 0.5) is 4.79 Å². The molecule has 1 fully saturated rings. The third kappa shape index (κ3) is 5.95. The maximum absolute atomic E-state index is 14.3. The lowest BCUT2D eigenvalue weighted by Crippen LogP contribution is -2.55. The van der Waals surface area contributed by atoms with E-state index in [2.05, 4.69) is 0 Å². The standard InChI is InChI=1S/C29H39N3O5/c1-19(2)30(20(3)4)28(34)31-24(22-16-12-9-13-17-22)25(32(35)36)23(29(5,6)7)26(31)27(33)37-18-21-14-10-8-11-15-21/h8-17,19-20,23-26H,18H2,1-7H3. The van der Waals surface area contributed by atoms with E-state index in [4.69, 9.17) is 4.74 Å². The zero-order valence-corrected chi connectivity index (χ0v) is 22.8. The lowest BCUT2D eigenvalue weighted by molar-refractivity contribution is -0.536. The van der Waals surface area contributed by atoms with E-state index in [1.165, 1.54) is 4.90 Å². The first-order valence-corrected chi connectivity index (χ1v) is 12.9. The number of benzene rings is 2. The van der Waals surface area contributed by atoms with E-state index in [1.807, 2.05) is 84.9 Å². The summed E-state index contributed by atoms with van der Waals surface area (Å²) in [5.74, 6) is -1.41. The number of carbonyl (C=O) groups excluding carboxylic acids is 2. The molecule has 8 heteroatoms. The Hall–Kier alpha value is -3.42. The fraction of sp³-hybridized carbons (Fsp3) is 0.517. The fourth-order valence-electron chi connectivity index (χ4n) is 5.62. The second-order valence-corrected chi connectivity index (χ2v) is 11.3. The van der Waals surface area contributed by atoms with Crippen LogP contribution in [0.3, 0.4) is 0 Å². The Morgan fingerprint density at radius 3 is 1.95 bits per heavy atom. The molecule has 0 saturated carbocycles. The second kappa shape index (κ2) is 11.3. The number of nitrogens with zero attached hydrogens (tertiary/aromatic N) is 3. The van der Waals surface area contributed by atoms with Crippen LogP contribution in [0.1, 0.15) is 65.6 Å². The van der Waals surface area contributed by atoms with E-state index in [9.17, 15) is 19.7 Å². The Bertz CT molecular complexity index is 1070. The van der Waals surface area contributed by atoms with Crippen molar-refractivity contribution in [3.05, 3.63) is 81.9 Å². The van der Waals surface area contributed by atoms with E-state index >= 15 is 0 Å². The smallest absolute Gasteiger partial charge is 0.329 e. The summed E-state index contributed by atoms with van der Waals surface area (Å²) in [5.41, 5.74) is 0.754. The van der Waals surface area contributed by atoms with E-state index < -0.39 is 41.5 Å². The Balaban J connectivity index is 2.19. The highest BCUT2D eigenvalue weighted by atomic mass is 16.6. The first kappa shape index (κ1) is 28.2. The molecule has 0 radical (unpaired) electrons. The first-order valence-electron chi connectivity index (χ1n) is 12.9. The molecular formula is C29H39N3O5. The maximum Gasteiger partial charge on any atom is 0.329 e. The molecule has 0 bridgehead atoms. The number of rotatable bonds is 7. The van der Waals surface area contributed by atoms with Crippen molar-refractivity contribution in [3.8, 4) is 0 Å². The number of carbonyl (C=O) groups is 2. The molecule has 37 heavy (non-hydrogen) atoms. The predicted octanol–water partition coefficient (Wildman–Crippen LogP) is 5.70. The largest absolute Gasteiger partial charge is 0.459 e. The molecule has 0 aromatic heterocycles. The summed E-state index contributed by atoms with van der Waals surface area (Å²) in [6, 6.07) is 14.3. The molecule has 200 valence electrons. The fourth-order valence-corrected chi connectivity index (χ4v) is 5.62. The van der Waals surface area contributed by atoms with E-state index in [0.29, 0.717) is 5.56 Å². The zero-order chi connectivity index (χ0) is 27.5. The number of nitro groups is 1. The summed E-state index contributed by atoms with van der Waals surface area (Å²) in [4.78, 5) is 43.6. The highest BCUT2D eigenvalue weighted by molar-refractivity contribution is 5.86. The van der Waals surface area contributed by atoms with Gasteiger partial charge in [0.1, 0.15) is 18.7 Å². The average Bonchev–Trinajstić information content (AvgIpc) is 3.20. The highest BCUT2D eigenvalue weighted by Gasteiger charge is 2.64. The van der Waals surface area contributed by atoms with Gasteiger partial charge in [-0.2, -0.15) is 0 Å². The number of likely N-dealkylation sites (tertiary alicyclic amines) is 1. The van der Waals surface area contributed by atoms with Gasteiger partial charge in [-0.1, -0.05) is 81.4 Å². The number of hydrogen-bond donors (Lipinski definition) is 0. The van der Waals surface area contributed by atoms with E-state index in [-0.39, 0.29) is 23.6 Å². The quantitative estimate of drug-likeness (QED) is 0.271. The van der Waals surface area contributed by atoms with Crippen molar-refractivity contribution in [2.75, 3.05) is 0 Å². The van der Waals surface area contributed by atoms with Crippen molar-refractivity contribution < 1.29 is 19.2 Å². The lowest BCUT2D eigenvalue weighted by atomic mass is 9.73. The van der Waals surface area contributed by atoms with E-state index in [1.54, 1.807) is 29.2 Å². The topological polar surface area (TPSA) is 93.0 Å². The third-order valence-corrected chi connectivity index (χ3v) is 7.04. The molecule has 0 spiro atoms. The van der Waals surface area contributed by atoms with Gasteiger partial charge in [0, 0.05) is 17.0 Å². The monoisotopic (exact) mass is 509 g/mol. The summed E-state index contributed by atoms with van der Waals surface area (Å²) in [6.07, 6.45) is 0. The van der Waals surface area contributed by atoms with Crippen molar-refractivity contribution in [1.29, 1.82) is 0 Å². The Kier molecular flexibility index (Phi) is 8.61. The SMILES string of the molecule is CC(C)N(C(=O)N1C(C(=O)OCc2ccccc2)C(C(C)(C)C)C([N+](=O)[O-])C1c1ccccc1)C(C)C. The summed E-state index contributed by atoms with van der Waals surface area (Å²) >= 11 is 0. The maximum atomic E-state index is 14.3. The minimum Gasteiger partial charge on any atom is -0.459 e. The van der Waals surface area contributed by atoms with Crippen molar-refractivity contribution >= 4 is 12.0 Å². The zero-order valence-electron chi connectivity index (χ0n) is 22.8. The summed E-state index contributed by atoms with van der Waals surface area (Å²) in [6.45, 7) is 13.3. The van der Waals surface area contributed by atoms with Gasteiger partial charge in [-0.25, -0.2) is 9.59 Å². The number of urea groups is 1. The van der Waals surface area contributed by atoms with Crippen LogP contribution in [-0.4, -0.2) is 50.9 Å². The predicted molar refractivity (Wildman–Crippen MR) is 142 cm³/mol. The molecule has 2 aromatic rings. The second-order valence-electron chi connectivity index (χ2n) is 11.3. The van der Waals surface area contributed by atoms with Crippen LogP contribution in [0.2, 0.25) is 0 Å². The molecule has 2 amide bonds. The average molecular weight is 510 g/mol. The van der Waals surface area contributed by atoms with Gasteiger partial charge in [0.25, 0.3) is 0 Å². The molecule has 4 atom stereocenters. The van der Waals surface area contributed by atoms with Crippen LogP contribution in [0.25, 0.3) is 0 Å². The molecule has 0 N–H and O–H groups in total.